The van der Waals surface area contributed by atoms with Crippen LogP contribution in [-0.2, 0) is 6.42 Å². The van der Waals surface area contributed by atoms with E-state index in [4.69, 9.17) is 7.85 Å². The molecule has 0 fully saturated rings. The summed E-state index contributed by atoms with van der Waals surface area (Å²) in [6, 6.07) is 7.96. The summed E-state index contributed by atoms with van der Waals surface area (Å²) in [5.74, 6) is 0. The average molecular weight is 229 g/mol. The third-order valence-corrected chi connectivity index (χ3v) is 1.76. The molecule has 64 valence electrons. The number of alkyl halides is 1. The molecule has 0 bridgehead atoms. The summed E-state index contributed by atoms with van der Waals surface area (Å²) in [5.41, 5.74) is 2.16. The zero-order valence-corrected chi connectivity index (χ0v) is 8.16. The number of aryl methyl sites for hydroxylation is 1. The maximum Gasteiger partial charge on any atom is -0.870 e. The van der Waals surface area contributed by atoms with Crippen LogP contribution in [0.15, 0.2) is 24.3 Å². The fourth-order valence-electron chi connectivity index (χ4n) is 0.793. The van der Waals surface area contributed by atoms with E-state index in [-0.39, 0.29) is 11.0 Å². The minimum atomic E-state index is 0. The molecule has 0 radical (unpaired) electrons. The second-order valence-corrected chi connectivity index (χ2v) is 2.97. The Balaban J connectivity index is 0. The molecular formula is C8H10BBrO2. The molecule has 0 aliphatic heterocycles. The van der Waals surface area contributed by atoms with Crippen LogP contribution in [0, 0.1) is 0 Å². The van der Waals surface area contributed by atoms with Crippen molar-refractivity contribution >= 4 is 29.2 Å². The van der Waals surface area contributed by atoms with Gasteiger partial charge in [0.1, 0.15) is 0 Å². The van der Waals surface area contributed by atoms with Crippen molar-refractivity contribution in [1.82, 2.24) is 0 Å². The largest absolute Gasteiger partial charge is 0.870 e. The first-order valence-electron chi connectivity index (χ1n) is 3.23. The quantitative estimate of drug-likeness (QED) is 0.562. The Morgan fingerprint density at radius 2 is 1.58 bits per heavy atom. The topological polar surface area (TPSA) is 60.0 Å². The fraction of sp³-hybridized carbons (Fsp3) is 0.250. The summed E-state index contributed by atoms with van der Waals surface area (Å²) in [5, 5.41) is 1.01. The van der Waals surface area contributed by atoms with Crippen molar-refractivity contribution in [2.75, 3.05) is 5.33 Å². The molecule has 1 aromatic rings. The molecule has 0 heterocycles. The molecule has 2 nitrogen and oxygen atoms in total. The number of hydrogen-bond donors (Lipinski definition) is 0. The summed E-state index contributed by atoms with van der Waals surface area (Å²) in [6.45, 7) is 0. The van der Waals surface area contributed by atoms with Crippen molar-refractivity contribution in [3.05, 3.63) is 29.8 Å². The van der Waals surface area contributed by atoms with E-state index in [9.17, 15) is 0 Å². The molecule has 0 unspecified atom stereocenters. The van der Waals surface area contributed by atoms with Gasteiger partial charge in [0.05, 0.1) is 0 Å². The molecule has 0 aliphatic rings. The zero-order valence-electron chi connectivity index (χ0n) is 6.57. The molecule has 1 rings (SSSR count). The summed E-state index contributed by atoms with van der Waals surface area (Å²) in [7, 11) is 5.51. The van der Waals surface area contributed by atoms with E-state index in [1.54, 1.807) is 0 Å². The first-order chi connectivity index (χ1) is 4.83. The van der Waals surface area contributed by atoms with Gasteiger partial charge in [-0.3, -0.25) is 0 Å². The molecule has 0 saturated carbocycles. The zero-order chi connectivity index (χ0) is 7.40. The number of halogens is 1. The Morgan fingerprint density at radius 1 is 1.08 bits per heavy atom. The first-order valence-corrected chi connectivity index (χ1v) is 4.35. The molecule has 0 saturated heterocycles. The van der Waals surface area contributed by atoms with Crippen LogP contribution >= 0.6 is 15.9 Å². The van der Waals surface area contributed by atoms with E-state index < -0.39 is 0 Å². The summed E-state index contributed by atoms with van der Waals surface area (Å²) >= 11 is 3.37. The normalized spacial score (nSPS) is 8.25. The van der Waals surface area contributed by atoms with Crippen LogP contribution in [0.1, 0.15) is 5.56 Å². The van der Waals surface area contributed by atoms with Gasteiger partial charge in [-0.2, -0.15) is 0 Å². The summed E-state index contributed by atoms with van der Waals surface area (Å²) in [4.78, 5) is 0. The molecule has 0 amide bonds. The maximum atomic E-state index is 5.51. The van der Waals surface area contributed by atoms with Crippen LogP contribution in [0.4, 0.5) is 0 Å². The van der Waals surface area contributed by atoms with Gasteiger partial charge in [-0.25, -0.2) is 0 Å². The smallest absolute Gasteiger partial charge is 0.870 e. The average Bonchev–Trinajstić information content (AvgIpc) is 1.95. The van der Waals surface area contributed by atoms with Gasteiger partial charge in [0.25, 0.3) is 0 Å². The Kier molecular flexibility index (Phi) is 8.70. The molecular weight excluding hydrogens is 219 g/mol. The van der Waals surface area contributed by atoms with Gasteiger partial charge in [0.15, 0.2) is 0 Å². The Bertz CT molecular complexity index is 201. The number of benzene rings is 1. The summed E-state index contributed by atoms with van der Waals surface area (Å²) in [6.07, 6.45) is 1.07. The van der Waals surface area contributed by atoms with Crippen molar-refractivity contribution in [3.8, 4) is 0 Å². The second kappa shape index (κ2) is 7.34. The molecule has 0 spiro atoms. The molecule has 0 aromatic heterocycles. The second-order valence-electron chi connectivity index (χ2n) is 2.18. The maximum absolute atomic E-state index is 5.51. The van der Waals surface area contributed by atoms with Gasteiger partial charge in [-0.05, 0) is 0 Å². The van der Waals surface area contributed by atoms with Gasteiger partial charge in [0, 0.05) is 0 Å². The van der Waals surface area contributed by atoms with E-state index >= 15 is 0 Å². The number of rotatable bonds is 2. The predicted octanol–water partition coefficient (Wildman–Crippen LogP) is 1.06. The van der Waals surface area contributed by atoms with Crippen molar-refractivity contribution < 1.29 is 11.0 Å². The fourth-order valence-corrected chi connectivity index (χ4v) is 1.25. The predicted molar refractivity (Wildman–Crippen MR) is 53.2 cm³/mol. The van der Waals surface area contributed by atoms with Crippen LogP contribution in [0.3, 0.4) is 0 Å². The Hall–Kier alpha value is -0.315. The van der Waals surface area contributed by atoms with Gasteiger partial charge in [0.2, 0.25) is 0 Å². The van der Waals surface area contributed by atoms with Gasteiger partial charge < -0.3 is 11.0 Å². The van der Waals surface area contributed by atoms with Crippen molar-refractivity contribution in [2.24, 2.45) is 0 Å². The Morgan fingerprint density at radius 3 is 2.00 bits per heavy atom. The standard InChI is InChI=1S/C8H8BBr.2H2O/c9-8-3-1-7(2-4-8)5-6-10;;/h1-4H,5-6H2;2*1H2/q+2;;/p-2. The molecule has 12 heavy (non-hydrogen) atoms. The van der Waals surface area contributed by atoms with E-state index in [2.05, 4.69) is 28.1 Å². The molecule has 0 aliphatic carbocycles. The van der Waals surface area contributed by atoms with Crippen LogP contribution in [0.2, 0.25) is 0 Å². The van der Waals surface area contributed by atoms with Crippen LogP contribution in [0.5, 0.6) is 0 Å². The van der Waals surface area contributed by atoms with Gasteiger partial charge in [-0.1, -0.05) is 0 Å². The monoisotopic (exact) mass is 228 g/mol. The third kappa shape index (κ3) is 4.54. The minimum Gasteiger partial charge on any atom is -0.870 e. The van der Waals surface area contributed by atoms with Crippen LogP contribution in [0.25, 0.3) is 0 Å². The van der Waals surface area contributed by atoms with Crippen molar-refractivity contribution in [2.45, 2.75) is 6.42 Å². The van der Waals surface area contributed by atoms with E-state index in [0.29, 0.717) is 0 Å². The van der Waals surface area contributed by atoms with Crippen molar-refractivity contribution in [3.63, 3.8) is 0 Å². The first kappa shape index (κ1) is 14.2. The van der Waals surface area contributed by atoms with E-state index in [1.165, 1.54) is 5.56 Å². The summed E-state index contributed by atoms with van der Waals surface area (Å²) < 4.78 is 0. The third-order valence-electron chi connectivity index (χ3n) is 1.36. The SMILES string of the molecule is [B+2]c1ccc(CCBr)cc1.[OH-].[OH-]. The molecule has 4 heteroatoms. The van der Waals surface area contributed by atoms with Gasteiger partial charge in [-0.15, -0.1) is 0 Å². The molecule has 0 atom stereocenters. The van der Waals surface area contributed by atoms with Crippen LogP contribution in [-0.4, -0.2) is 24.1 Å². The Labute approximate surface area is 82.1 Å². The van der Waals surface area contributed by atoms with Crippen LogP contribution < -0.4 is 5.46 Å². The van der Waals surface area contributed by atoms with E-state index in [1.807, 2.05) is 12.1 Å². The molecule has 2 N–H and O–H groups in total. The van der Waals surface area contributed by atoms with Gasteiger partial charge >= 0.3 is 70.8 Å². The number of hydrogen-bond acceptors (Lipinski definition) is 2. The minimum absolute atomic E-state index is 0. The molecule has 1 aromatic carbocycles. The van der Waals surface area contributed by atoms with E-state index in [0.717, 1.165) is 17.2 Å². The van der Waals surface area contributed by atoms with Crippen molar-refractivity contribution in [1.29, 1.82) is 0 Å².